The van der Waals surface area contributed by atoms with E-state index in [2.05, 4.69) is 0 Å². The zero-order valence-corrected chi connectivity index (χ0v) is 10.7. The monoisotopic (exact) mass is 257 g/mol. The molecule has 0 unspecified atom stereocenters. The average molecular weight is 257 g/mol. The first-order valence-corrected chi connectivity index (χ1v) is 6.47. The highest BCUT2D eigenvalue weighted by Gasteiger charge is 2.30. The minimum atomic E-state index is -0.195. The summed E-state index contributed by atoms with van der Waals surface area (Å²) in [4.78, 5) is 26.7. The summed E-state index contributed by atoms with van der Waals surface area (Å²) in [5.74, 6) is -0.325. The largest absolute Gasteiger partial charge is 0.281 e. The molecule has 0 spiro atoms. The van der Waals surface area contributed by atoms with Crippen LogP contribution in [0.5, 0.6) is 0 Å². The number of fused-ring (bicyclic) bond motifs is 1. The van der Waals surface area contributed by atoms with E-state index >= 15 is 0 Å². The van der Waals surface area contributed by atoms with E-state index < -0.39 is 0 Å². The Hall–Kier alpha value is -1.94. The third kappa shape index (κ3) is 1.66. The van der Waals surface area contributed by atoms with Crippen molar-refractivity contribution < 1.29 is 9.59 Å². The molecule has 0 fully saturated rings. The van der Waals surface area contributed by atoms with Crippen LogP contribution in [0.3, 0.4) is 0 Å². The van der Waals surface area contributed by atoms with Crippen molar-refractivity contribution in [1.82, 2.24) is 4.90 Å². The lowest BCUT2D eigenvalue weighted by molar-refractivity contribution is -0.127. The molecule has 3 nitrogen and oxygen atoms in total. The fourth-order valence-corrected chi connectivity index (χ4v) is 3.18. The number of nitrogens with zero attached hydrogens (tertiary/aromatic N) is 1. The molecule has 2 amide bonds. The van der Waals surface area contributed by atoms with Gasteiger partial charge >= 0.3 is 0 Å². The van der Waals surface area contributed by atoms with Crippen LogP contribution >= 0.6 is 11.3 Å². The fourth-order valence-electron chi connectivity index (χ4n) is 2.04. The van der Waals surface area contributed by atoms with E-state index in [4.69, 9.17) is 0 Å². The number of imide groups is 1. The van der Waals surface area contributed by atoms with E-state index in [9.17, 15) is 9.59 Å². The van der Waals surface area contributed by atoms with Gasteiger partial charge in [-0.2, -0.15) is 0 Å². The molecule has 2 aromatic rings. The lowest BCUT2D eigenvalue weighted by atomic mass is 10.1. The van der Waals surface area contributed by atoms with Crippen LogP contribution in [0.4, 0.5) is 0 Å². The molecule has 2 heterocycles. The summed E-state index contributed by atoms with van der Waals surface area (Å²) in [5, 5.41) is 0. The van der Waals surface area contributed by atoms with Crippen molar-refractivity contribution in [2.75, 3.05) is 7.05 Å². The van der Waals surface area contributed by atoms with E-state index in [1.807, 2.05) is 36.4 Å². The molecule has 1 aliphatic heterocycles. The fraction of sp³-hybridized carbons (Fsp3) is 0.143. The lowest BCUT2D eigenvalue weighted by Gasteiger charge is -2.19. The minimum Gasteiger partial charge on any atom is -0.281 e. The van der Waals surface area contributed by atoms with Gasteiger partial charge in [0.05, 0.1) is 12.0 Å². The van der Waals surface area contributed by atoms with E-state index in [0.29, 0.717) is 12.0 Å². The molecule has 0 saturated heterocycles. The predicted octanol–water partition coefficient (Wildman–Crippen LogP) is 2.57. The molecular formula is C14H11NO2S. The van der Waals surface area contributed by atoms with Crippen LogP contribution in [0.25, 0.3) is 10.4 Å². The van der Waals surface area contributed by atoms with Gasteiger partial charge in [0, 0.05) is 16.8 Å². The number of thiophene rings is 1. The van der Waals surface area contributed by atoms with E-state index in [1.165, 1.54) is 23.3 Å². The Morgan fingerprint density at radius 3 is 2.61 bits per heavy atom. The summed E-state index contributed by atoms with van der Waals surface area (Å²) in [6, 6.07) is 11.8. The molecule has 0 atom stereocenters. The summed E-state index contributed by atoms with van der Waals surface area (Å²) in [6.45, 7) is 0. The maximum absolute atomic E-state index is 12.0. The summed E-state index contributed by atoms with van der Waals surface area (Å²) in [5.41, 5.74) is 1.75. The number of carbonyl (C=O) groups is 2. The van der Waals surface area contributed by atoms with Crippen molar-refractivity contribution in [2.45, 2.75) is 6.42 Å². The number of hydrogen-bond donors (Lipinski definition) is 0. The molecule has 0 saturated carbocycles. The Labute approximate surface area is 109 Å². The second kappa shape index (κ2) is 4.07. The molecule has 1 aromatic heterocycles. The van der Waals surface area contributed by atoms with Gasteiger partial charge < -0.3 is 0 Å². The zero-order valence-electron chi connectivity index (χ0n) is 9.84. The first-order valence-electron chi connectivity index (χ1n) is 5.66. The number of likely N-dealkylation sites (N-methyl/N-ethyl adjacent to an activating group) is 1. The van der Waals surface area contributed by atoms with Gasteiger partial charge in [0.1, 0.15) is 0 Å². The van der Waals surface area contributed by atoms with Gasteiger partial charge in [-0.3, -0.25) is 14.5 Å². The molecule has 4 heteroatoms. The molecule has 3 rings (SSSR count). The first kappa shape index (κ1) is 11.2. The third-order valence-corrected chi connectivity index (χ3v) is 4.27. The third-order valence-electron chi connectivity index (χ3n) is 3.09. The van der Waals surface area contributed by atoms with E-state index in [0.717, 1.165) is 15.3 Å². The van der Waals surface area contributed by atoms with Gasteiger partial charge in [0.25, 0.3) is 5.91 Å². The summed E-state index contributed by atoms with van der Waals surface area (Å²) >= 11 is 1.53. The Morgan fingerprint density at radius 1 is 1.17 bits per heavy atom. The quantitative estimate of drug-likeness (QED) is 0.736. The smallest absolute Gasteiger partial charge is 0.261 e. The van der Waals surface area contributed by atoms with Crippen molar-refractivity contribution >= 4 is 23.2 Å². The maximum atomic E-state index is 12.0. The molecule has 0 aliphatic carbocycles. The van der Waals surface area contributed by atoms with Crippen molar-refractivity contribution in [2.24, 2.45) is 0 Å². The average Bonchev–Trinajstić information content (AvgIpc) is 2.81. The predicted molar refractivity (Wildman–Crippen MR) is 70.6 cm³/mol. The van der Waals surface area contributed by atoms with E-state index in [-0.39, 0.29) is 11.8 Å². The highest BCUT2D eigenvalue weighted by atomic mass is 32.1. The Bertz CT molecular complexity index is 630. The van der Waals surface area contributed by atoms with Crippen molar-refractivity contribution in [3.8, 4) is 10.4 Å². The van der Waals surface area contributed by atoms with Gasteiger partial charge in [-0.15, -0.1) is 11.3 Å². The molecule has 1 aromatic carbocycles. The molecule has 0 radical (unpaired) electrons. The first-order chi connectivity index (χ1) is 8.66. The molecule has 0 N–H and O–H groups in total. The van der Waals surface area contributed by atoms with Gasteiger partial charge in [-0.25, -0.2) is 0 Å². The number of benzene rings is 1. The number of hydrogen-bond acceptors (Lipinski definition) is 3. The lowest BCUT2D eigenvalue weighted by Crippen LogP contribution is -2.38. The second-order valence-electron chi connectivity index (χ2n) is 4.25. The van der Waals surface area contributed by atoms with Gasteiger partial charge in [0.2, 0.25) is 5.91 Å². The van der Waals surface area contributed by atoms with Crippen LogP contribution in [-0.4, -0.2) is 23.8 Å². The SMILES string of the molecule is CN1C(=O)Cc2sc(-c3ccccc3)cc2C1=O. The maximum Gasteiger partial charge on any atom is 0.261 e. The minimum absolute atomic E-state index is 0.131. The Kier molecular flexibility index (Phi) is 2.52. The van der Waals surface area contributed by atoms with Gasteiger partial charge in [-0.1, -0.05) is 30.3 Å². The summed E-state index contributed by atoms with van der Waals surface area (Å²) in [6.07, 6.45) is 0.328. The Balaban J connectivity index is 2.09. The van der Waals surface area contributed by atoms with Crippen LogP contribution in [0.15, 0.2) is 36.4 Å². The van der Waals surface area contributed by atoms with Gasteiger partial charge in [0.15, 0.2) is 0 Å². The Morgan fingerprint density at radius 2 is 1.89 bits per heavy atom. The van der Waals surface area contributed by atoms with Crippen LogP contribution in [0.2, 0.25) is 0 Å². The van der Waals surface area contributed by atoms with Crippen LogP contribution in [0, 0.1) is 0 Å². The highest BCUT2D eigenvalue weighted by Crippen LogP contribution is 2.34. The summed E-state index contributed by atoms with van der Waals surface area (Å²) in [7, 11) is 1.54. The molecule has 90 valence electrons. The zero-order chi connectivity index (χ0) is 12.7. The van der Waals surface area contributed by atoms with Crippen molar-refractivity contribution in [1.29, 1.82) is 0 Å². The highest BCUT2D eigenvalue weighted by molar-refractivity contribution is 7.16. The van der Waals surface area contributed by atoms with Gasteiger partial charge in [-0.05, 0) is 11.6 Å². The van der Waals surface area contributed by atoms with Crippen LogP contribution < -0.4 is 0 Å². The molecule has 1 aliphatic rings. The molecule has 18 heavy (non-hydrogen) atoms. The number of amides is 2. The number of carbonyl (C=O) groups excluding carboxylic acids is 2. The second-order valence-corrected chi connectivity index (χ2v) is 5.38. The molecule has 0 bridgehead atoms. The normalized spacial score (nSPS) is 14.8. The van der Waals surface area contributed by atoms with Crippen molar-refractivity contribution in [3.63, 3.8) is 0 Å². The van der Waals surface area contributed by atoms with E-state index in [1.54, 1.807) is 0 Å². The standard InChI is InChI=1S/C14H11NO2S/c1-15-13(16)8-12-10(14(15)17)7-11(18-12)9-5-3-2-4-6-9/h2-7H,8H2,1H3. The topological polar surface area (TPSA) is 37.4 Å². The number of rotatable bonds is 1. The molecular weight excluding hydrogens is 246 g/mol. The van der Waals surface area contributed by atoms with Crippen molar-refractivity contribution in [3.05, 3.63) is 46.8 Å². The van der Waals surface area contributed by atoms with Crippen LogP contribution in [-0.2, 0) is 11.2 Å². The van der Waals surface area contributed by atoms with Crippen LogP contribution in [0.1, 0.15) is 15.2 Å². The summed E-state index contributed by atoms with van der Waals surface area (Å²) < 4.78 is 0.